The Labute approximate surface area is 227 Å². The van der Waals surface area contributed by atoms with Crippen molar-refractivity contribution in [2.24, 2.45) is 11.8 Å². The fraction of sp³-hybridized carbons (Fsp3) is 0.536. The molecule has 1 aromatic carbocycles. The van der Waals surface area contributed by atoms with Gasteiger partial charge in [0, 0.05) is 11.9 Å². The zero-order valence-electron chi connectivity index (χ0n) is 22.9. The van der Waals surface area contributed by atoms with Crippen LogP contribution in [0.1, 0.15) is 63.9 Å². The van der Waals surface area contributed by atoms with Crippen molar-refractivity contribution in [3.8, 4) is 0 Å². The molecule has 1 aliphatic rings. The lowest BCUT2D eigenvalue weighted by Gasteiger charge is -2.24. The lowest BCUT2D eigenvalue weighted by atomic mass is 10.0. The molecule has 1 aliphatic heterocycles. The average molecular weight is 543 g/mol. The largest absolute Gasteiger partial charge is 0.480 e. The monoisotopic (exact) mass is 542 g/mol. The van der Waals surface area contributed by atoms with Gasteiger partial charge in [0.2, 0.25) is 5.91 Å². The molecule has 1 unspecified atom stereocenters. The van der Waals surface area contributed by atoms with E-state index in [1.807, 2.05) is 39.8 Å². The number of furan rings is 1. The Morgan fingerprint density at radius 1 is 1.03 bits per heavy atom. The van der Waals surface area contributed by atoms with E-state index in [0.717, 1.165) is 5.39 Å². The van der Waals surface area contributed by atoms with Gasteiger partial charge in [0.1, 0.15) is 17.7 Å². The molecule has 0 spiro atoms. The highest BCUT2D eigenvalue weighted by molar-refractivity contribution is 6.00. The normalized spacial score (nSPS) is 17.5. The number of fused-ring (bicyclic) bond motifs is 1. The smallest absolute Gasteiger partial charge is 0.326 e. The van der Waals surface area contributed by atoms with E-state index < -0.39 is 41.9 Å². The van der Waals surface area contributed by atoms with Crippen molar-refractivity contribution < 1.29 is 33.5 Å². The Balaban J connectivity index is 1.63. The van der Waals surface area contributed by atoms with Gasteiger partial charge in [-0.2, -0.15) is 0 Å². The second-order valence-corrected chi connectivity index (χ2v) is 10.9. The first-order valence-corrected chi connectivity index (χ1v) is 13.3. The Morgan fingerprint density at radius 2 is 1.69 bits per heavy atom. The number of hydrogen-bond donors (Lipinski definition) is 4. The maximum Gasteiger partial charge on any atom is 0.326 e. The summed E-state index contributed by atoms with van der Waals surface area (Å²) in [5.74, 6) is -2.30. The number of ketones is 1. The fourth-order valence-electron chi connectivity index (χ4n) is 4.58. The first-order valence-electron chi connectivity index (χ1n) is 13.3. The summed E-state index contributed by atoms with van der Waals surface area (Å²) in [6.07, 6.45) is 1.36. The van der Waals surface area contributed by atoms with Gasteiger partial charge in [-0.05, 0) is 49.7 Å². The molecule has 1 fully saturated rings. The van der Waals surface area contributed by atoms with Crippen molar-refractivity contribution in [1.82, 2.24) is 20.9 Å². The molecule has 2 aromatic rings. The quantitative estimate of drug-likeness (QED) is 0.359. The van der Waals surface area contributed by atoms with Crippen molar-refractivity contribution in [2.45, 2.75) is 71.5 Å². The first-order chi connectivity index (χ1) is 18.4. The minimum atomic E-state index is -1.13. The van der Waals surface area contributed by atoms with Crippen molar-refractivity contribution in [1.29, 1.82) is 0 Å². The minimum Gasteiger partial charge on any atom is -0.480 e. The Bertz CT molecular complexity index is 1170. The SMILES string of the molecule is CC(C)C[C@H](NC(=O)N1CCCC(NC(=O)[C@H](CC(C)C)NC(=O)c2cc3ccccc3o2)C(=O)C1)C(=O)O. The predicted molar refractivity (Wildman–Crippen MR) is 144 cm³/mol. The van der Waals surface area contributed by atoms with Gasteiger partial charge < -0.3 is 30.4 Å². The number of nitrogens with zero attached hydrogens (tertiary/aromatic N) is 1. The summed E-state index contributed by atoms with van der Waals surface area (Å²) in [6, 6.07) is 5.40. The zero-order valence-corrected chi connectivity index (χ0v) is 22.9. The minimum absolute atomic E-state index is 0.0582. The molecule has 0 radical (unpaired) electrons. The third kappa shape index (κ3) is 8.30. The van der Waals surface area contributed by atoms with E-state index in [2.05, 4.69) is 16.0 Å². The van der Waals surface area contributed by atoms with Crippen molar-refractivity contribution >= 4 is 40.6 Å². The number of Topliss-reactive ketones (excluding diaryl/α,β-unsaturated/α-hetero) is 1. The Hall–Kier alpha value is -3.89. The molecular weight excluding hydrogens is 504 g/mol. The summed E-state index contributed by atoms with van der Waals surface area (Å²) in [4.78, 5) is 64.6. The lowest BCUT2D eigenvalue weighted by Crippen LogP contribution is -2.53. The number of likely N-dealkylation sites (tertiary alicyclic amines) is 1. The van der Waals surface area contributed by atoms with Crippen LogP contribution in [0.3, 0.4) is 0 Å². The molecular formula is C28H38N4O7. The standard InChI is InChI=1S/C28H38N4O7/c1-16(2)12-20(30-26(35)24-14-18-8-5-6-10-23(18)39-24)25(34)29-19-9-7-11-32(15-22(19)33)28(38)31-21(27(36)37)13-17(3)4/h5-6,8,10,14,16-17,19-21H,7,9,11-13,15H2,1-4H3,(H,29,34)(H,30,35)(H,31,38)(H,36,37)/t19?,20-,21-/m0/s1. The third-order valence-electron chi connectivity index (χ3n) is 6.54. The van der Waals surface area contributed by atoms with Crippen LogP contribution in [-0.2, 0) is 14.4 Å². The van der Waals surface area contributed by atoms with Gasteiger partial charge in [-0.1, -0.05) is 45.9 Å². The molecule has 4 N–H and O–H groups in total. The predicted octanol–water partition coefficient (Wildman–Crippen LogP) is 2.94. The van der Waals surface area contributed by atoms with Crippen molar-refractivity contribution in [3.63, 3.8) is 0 Å². The van der Waals surface area contributed by atoms with E-state index in [0.29, 0.717) is 24.8 Å². The van der Waals surface area contributed by atoms with Crippen LogP contribution in [0.15, 0.2) is 34.7 Å². The molecule has 11 nitrogen and oxygen atoms in total. The van der Waals surface area contributed by atoms with E-state index >= 15 is 0 Å². The van der Waals surface area contributed by atoms with Gasteiger partial charge in [0.25, 0.3) is 5.91 Å². The van der Waals surface area contributed by atoms with E-state index in [9.17, 15) is 29.1 Å². The lowest BCUT2D eigenvalue weighted by molar-refractivity contribution is -0.139. The fourth-order valence-corrected chi connectivity index (χ4v) is 4.58. The number of nitrogens with one attached hydrogen (secondary N) is 3. The summed E-state index contributed by atoms with van der Waals surface area (Å²) in [6.45, 7) is 7.54. The number of hydrogen-bond acceptors (Lipinski definition) is 6. The summed E-state index contributed by atoms with van der Waals surface area (Å²) in [5, 5.41) is 18.2. The van der Waals surface area contributed by atoms with Crippen molar-refractivity contribution in [3.05, 3.63) is 36.1 Å². The van der Waals surface area contributed by atoms with Crippen LogP contribution in [0.4, 0.5) is 4.79 Å². The molecule has 11 heteroatoms. The molecule has 1 aromatic heterocycles. The van der Waals surface area contributed by atoms with Crippen LogP contribution in [0.2, 0.25) is 0 Å². The number of carboxylic acid groups (broad SMARTS) is 1. The number of benzene rings is 1. The maximum absolute atomic E-state index is 13.2. The van der Waals surface area contributed by atoms with Gasteiger partial charge in [0.05, 0.1) is 12.6 Å². The van der Waals surface area contributed by atoms with Crippen LogP contribution in [0, 0.1) is 11.8 Å². The molecule has 1 saturated heterocycles. The molecule has 4 amide bonds. The van der Waals surface area contributed by atoms with E-state index in [1.54, 1.807) is 18.2 Å². The number of urea groups is 1. The summed E-state index contributed by atoms with van der Waals surface area (Å²) >= 11 is 0. The molecule has 3 atom stereocenters. The second-order valence-electron chi connectivity index (χ2n) is 10.9. The number of para-hydroxylation sites is 1. The second kappa shape index (κ2) is 13.3. The first kappa shape index (κ1) is 29.7. The number of carbonyl (C=O) groups excluding carboxylic acids is 4. The molecule has 3 rings (SSSR count). The van der Waals surface area contributed by atoms with Crippen molar-refractivity contribution in [2.75, 3.05) is 13.1 Å². The summed E-state index contributed by atoms with van der Waals surface area (Å²) < 4.78 is 5.62. The van der Waals surface area contributed by atoms with Gasteiger partial charge in [-0.25, -0.2) is 9.59 Å². The van der Waals surface area contributed by atoms with Crippen LogP contribution in [0.25, 0.3) is 11.0 Å². The molecule has 212 valence electrons. The third-order valence-corrected chi connectivity index (χ3v) is 6.54. The highest BCUT2D eigenvalue weighted by Crippen LogP contribution is 2.19. The summed E-state index contributed by atoms with van der Waals surface area (Å²) in [7, 11) is 0. The van der Waals surface area contributed by atoms with Crippen LogP contribution >= 0.6 is 0 Å². The van der Waals surface area contributed by atoms with Crippen LogP contribution < -0.4 is 16.0 Å². The van der Waals surface area contributed by atoms with Crippen LogP contribution in [-0.4, -0.2) is 70.8 Å². The van der Waals surface area contributed by atoms with E-state index in [1.165, 1.54) is 4.90 Å². The highest BCUT2D eigenvalue weighted by Gasteiger charge is 2.33. The summed E-state index contributed by atoms with van der Waals surface area (Å²) in [5.41, 5.74) is 0.559. The van der Waals surface area contributed by atoms with Gasteiger partial charge in [0.15, 0.2) is 11.5 Å². The Kier molecular flexibility index (Phi) is 10.1. The van der Waals surface area contributed by atoms with Crippen LogP contribution in [0.5, 0.6) is 0 Å². The van der Waals surface area contributed by atoms with E-state index in [4.69, 9.17) is 4.42 Å². The number of aliphatic carboxylic acids is 1. The molecule has 0 bridgehead atoms. The molecule has 2 heterocycles. The van der Waals surface area contributed by atoms with E-state index in [-0.39, 0.29) is 42.9 Å². The average Bonchev–Trinajstić information content (AvgIpc) is 3.21. The zero-order chi connectivity index (χ0) is 28.7. The number of carboxylic acids is 1. The number of amides is 4. The number of carbonyl (C=O) groups is 5. The van der Waals surface area contributed by atoms with Gasteiger partial charge >= 0.3 is 12.0 Å². The topological polar surface area (TPSA) is 158 Å². The van der Waals surface area contributed by atoms with Gasteiger partial charge in [-0.3, -0.25) is 14.4 Å². The molecule has 0 aliphatic carbocycles. The molecule has 39 heavy (non-hydrogen) atoms. The maximum atomic E-state index is 13.2. The highest BCUT2D eigenvalue weighted by atomic mass is 16.4. The molecule has 0 saturated carbocycles. The van der Waals surface area contributed by atoms with Gasteiger partial charge in [-0.15, -0.1) is 0 Å². The Morgan fingerprint density at radius 3 is 2.33 bits per heavy atom. The number of rotatable bonds is 10.